The standard InChI is InChI=1S/C12H16O3S/c1-9-4-10(2)6-11(5-9)7-16(14)8-12(13)15-3/h4-6H,7-8H2,1-3H3. The maximum absolute atomic E-state index is 11.6. The number of rotatable bonds is 4. The molecule has 0 fully saturated rings. The summed E-state index contributed by atoms with van der Waals surface area (Å²) in [5.41, 5.74) is 3.29. The van der Waals surface area contributed by atoms with Gasteiger partial charge in [0.1, 0.15) is 5.75 Å². The highest BCUT2D eigenvalue weighted by atomic mass is 32.2. The molecule has 0 aliphatic heterocycles. The zero-order valence-electron chi connectivity index (χ0n) is 9.78. The van der Waals surface area contributed by atoms with Gasteiger partial charge in [0.05, 0.1) is 7.11 Å². The van der Waals surface area contributed by atoms with E-state index in [9.17, 15) is 9.00 Å². The van der Waals surface area contributed by atoms with Crippen LogP contribution in [0.4, 0.5) is 0 Å². The van der Waals surface area contributed by atoms with Gasteiger partial charge in [0.15, 0.2) is 0 Å². The summed E-state index contributed by atoms with van der Waals surface area (Å²) in [4.78, 5) is 10.9. The molecule has 0 radical (unpaired) electrons. The van der Waals surface area contributed by atoms with E-state index in [1.54, 1.807) is 0 Å². The molecule has 0 heterocycles. The van der Waals surface area contributed by atoms with Crippen LogP contribution >= 0.6 is 0 Å². The number of hydrogen-bond acceptors (Lipinski definition) is 3. The topological polar surface area (TPSA) is 43.4 Å². The first-order valence-electron chi connectivity index (χ1n) is 5.00. The lowest BCUT2D eigenvalue weighted by Gasteiger charge is -2.04. The Kier molecular flexibility index (Phi) is 4.68. The van der Waals surface area contributed by atoms with Gasteiger partial charge >= 0.3 is 5.97 Å². The second kappa shape index (κ2) is 5.80. The largest absolute Gasteiger partial charge is 0.468 e. The summed E-state index contributed by atoms with van der Waals surface area (Å²) in [5.74, 6) is -0.0658. The Morgan fingerprint density at radius 3 is 2.31 bits per heavy atom. The SMILES string of the molecule is COC(=O)CS(=O)Cc1cc(C)cc(C)c1. The third kappa shape index (κ3) is 4.14. The van der Waals surface area contributed by atoms with Crippen molar-refractivity contribution < 1.29 is 13.7 Å². The van der Waals surface area contributed by atoms with Crippen molar-refractivity contribution in [3.63, 3.8) is 0 Å². The first-order valence-corrected chi connectivity index (χ1v) is 6.49. The van der Waals surface area contributed by atoms with Crippen LogP contribution in [0.5, 0.6) is 0 Å². The molecule has 1 unspecified atom stereocenters. The van der Waals surface area contributed by atoms with Crippen molar-refractivity contribution >= 4 is 16.8 Å². The molecule has 0 aliphatic rings. The number of benzene rings is 1. The van der Waals surface area contributed by atoms with Gasteiger partial charge in [0.2, 0.25) is 0 Å². The van der Waals surface area contributed by atoms with Crippen LogP contribution in [0.3, 0.4) is 0 Å². The fraction of sp³-hybridized carbons (Fsp3) is 0.417. The normalized spacial score (nSPS) is 12.2. The van der Waals surface area contributed by atoms with Crippen LogP contribution in [0, 0.1) is 13.8 Å². The Labute approximate surface area is 98.3 Å². The molecular formula is C12H16O3S. The molecule has 0 bridgehead atoms. The molecule has 1 aromatic rings. The van der Waals surface area contributed by atoms with Crippen molar-refractivity contribution in [2.45, 2.75) is 19.6 Å². The summed E-state index contributed by atoms with van der Waals surface area (Å²) < 4.78 is 16.1. The van der Waals surface area contributed by atoms with Gasteiger partial charge in [-0.1, -0.05) is 29.3 Å². The molecule has 16 heavy (non-hydrogen) atoms. The van der Waals surface area contributed by atoms with Gasteiger partial charge in [-0.2, -0.15) is 0 Å². The van der Waals surface area contributed by atoms with E-state index in [1.807, 2.05) is 26.0 Å². The quantitative estimate of drug-likeness (QED) is 0.753. The fourth-order valence-electron chi connectivity index (χ4n) is 1.58. The fourth-order valence-corrected chi connectivity index (χ4v) is 2.60. The lowest BCUT2D eigenvalue weighted by atomic mass is 10.1. The molecular weight excluding hydrogens is 224 g/mol. The molecule has 0 saturated carbocycles. The minimum atomic E-state index is -1.19. The molecule has 0 aliphatic carbocycles. The van der Waals surface area contributed by atoms with E-state index < -0.39 is 16.8 Å². The minimum Gasteiger partial charge on any atom is -0.468 e. The maximum atomic E-state index is 11.6. The van der Waals surface area contributed by atoms with E-state index >= 15 is 0 Å². The first kappa shape index (κ1) is 12.9. The molecule has 0 saturated heterocycles. The molecule has 0 spiro atoms. The van der Waals surface area contributed by atoms with Gasteiger partial charge in [-0.15, -0.1) is 0 Å². The number of carbonyl (C=O) groups excluding carboxylic acids is 1. The van der Waals surface area contributed by atoms with Crippen molar-refractivity contribution in [3.8, 4) is 0 Å². The number of ether oxygens (including phenoxy) is 1. The molecule has 0 aromatic heterocycles. The highest BCUT2D eigenvalue weighted by Gasteiger charge is 2.08. The van der Waals surface area contributed by atoms with Crippen molar-refractivity contribution in [2.24, 2.45) is 0 Å². The Morgan fingerprint density at radius 2 is 1.81 bits per heavy atom. The van der Waals surface area contributed by atoms with Crippen LogP contribution < -0.4 is 0 Å². The van der Waals surface area contributed by atoms with Crippen LogP contribution in [0.2, 0.25) is 0 Å². The maximum Gasteiger partial charge on any atom is 0.318 e. The van der Waals surface area contributed by atoms with Crippen LogP contribution in [-0.2, 0) is 26.1 Å². The van der Waals surface area contributed by atoms with Crippen molar-refractivity contribution in [1.82, 2.24) is 0 Å². The molecule has 88 valence electrons. The van der Waals surface area contributed by atoms with Gasteiger partial charge in [-0.3, -0.25) is 9.00 Å². The number of esters is 1. The molecule has 1 rings (SSSR count). The second-order valence-corrected chi connectivity index (χ2v) is 5.26. The monoisotopic (exact) mass is 240 g/mol. The van der Waals surface area contributed by atoms with E-state index in [0.29, 0.717) is 5.75 Å². The number of hydrogen-bond donors (Lipinski definition) is 0. The smallest absolute Gasteiger partial charge is 0.318 e. The summed E-state index contributed by atoms with van der Waals surface area (Å²) in [7, 11) is 0.110. The van der Waals surface area contributed by atoms with Gasteiger partial charge < -0.3 is 4.74 Å². The van der Waals surface area contributed by atoms with Gasteiger partial charge in [0.25, 0.3) is 0 Å². The molecule has 1 aromatic carbocycles. The van der Waals surface area contributed by atoms with Gasteiger partial charge in [0, 0.05) is 16.6 Å². The number of carbonyl (C=O) groups is 1. The molecule has 0 amide bonds. The summed E-state index contributed by atoms with van der Waals surface area (Å²) in [6, 6.07) is 6.04. The average Bonchev–Trinajstić information content (AvgIpc) is 2.15. The third-order valence-corrected chi connectivity index (χ3v) is 3.33. The Balaban J connectivity index is 2.66. The van der Waals surface area contributed by atoms with Crippen molar-refractivity contribution in [3.05, 3.63) is 34.9 Å². The zero-order chi connectivity index (χ0) is 12.1. The summed E-state index contributed by atoms with van der Waals surface area (Å²) in [6.07, 6.45) is 0. The Bertz CT molecular complexity index is 392. The van der Waals surface area contributed by atoms with E-state index in [-0.39, 0.29) is 5.75 Å². The minimum absolute atomic E-state index is 0.0382. The van der Waals surface area contributed by atoms with Crippen LogP contribution in [0.25, 0.3) is 0 Å². The first-order chi connectivity index (χ1) is 7.51. The third-order valence-electron chi connectivity index (χ3n) is 2.12. The van der Waals surface area contributed by atoms with Crippen molar-refractivity contribution in [2.75, 3.05) is 12.9 Å². The Morgan fingerprint density at radius 1 is 1.25 bits per heavy atom. The predicted molar refractivity (Wildman–Crippen MR) is 64.6 cm³/mol. The summed E-state index contributed by atoms with van der Waals surface area (Å²) in [6.45, 7) is 4.00. The van der Waals surface area contributed by atoms with E-state index in [1.165, 1.54) is 7.11 Å². The predicted octanol–water partition coefficient (Wildman–Crippen LogP) is 1.73. The van der Waals surface area contributed by atoms with Crippen LogP contribution in [-0.4, -0.2) is 23.0 Å². The Hall–Kier alpha value is -1.16. The number of methoxy groups -OCH3 is 1. The highest BCUT2D eigenvalue weighted by molar-refractivity contribution is 7.84. The van der Waals surface area contributed by atoms with Crippen molar-refractivity contribution in [1.29, 1.82) is 0 Å². The van der Waals surface area contributed by atoms with Crippen LogP contribution in [0.1, 0.15) is 16.7 Å². The molecule has 1 atom stereocenters. The highest BCUT2D eigenvalue weighted by Crippen LogP contribution is 2.11. The molecule has 3 nitrogen and oxygen atoms in total. The molecule has 0 N–H and O–H groups in total. The number of aryl methyl sites for hydroxylation is 2. The lowest BCUT2D eigenvalue weighted by molar-refractivity contribution is -0.137. The van der Waals surface area contributed by atoms with E-state index in [2.05, 4.69) is 10.8 Å². The lowest BCUT2D eigenvalue weighted by Crippen LogP contribution is -2.13. The van der Waals surface area contributed by atoms with Crippen LogP contribution in [0.15, 0.2) is 18.2 Å². The van der Waals surface area contributed by atoms with E-state index in [0.717, 1.165) is 16.7 Å². The summed E-state index contributed by atoms with van der Waals surface area (Å²) in [5, 5.41) is 0. The van der Waals surface area contributed by atoms with Gasteiger partial charge in [-0.05, 0) is 19.4 Å². The average molecular weight is 240 g/mol. The van der Waals surface area contributed by atoms with E-state index in [4.69, 9.17) is 0 Å². The zero-order valence-corrected chi connectivity index (χ0v) is 10.6. The molecule has 4 heteroatoms. The van der Waals surface area contributed by atoms with Gasteiger partial charge in [-0.25, -0.2) is 0 Å². The summed E-state index contributed by atoms with van der Waals surface area (Å²) >= 11 is 0. The second-order valence-electron chi connectivity index (χ2n) is 3.80.